The summed E-state index contributed by atoms with van der Waals surface area (Å²) in [6.07, 6.45) is 2.74. The van der Waals surface area contributed by atoms with Crippen molar-refractivity contribution in [2.45, 2.75) is 52.7 Å². The van der Waals surface area contributed by atoms with Crippen LogP contribution in [0.15, 0.2) is 48.5 Å². The van der Waals surface area contributed by atoms with Gasteiger partial charge in [-0.05, 0) is 50.8 Å². The van der Waals surface area contributed by atoms with Gasteiger partial charge < -0.3 is 15.4 Å². The molecule has 1 aliphatic rings. The number of nitrogens with one attached hydrogen (secondary N) is 2. The summed E-state index contributed by atoms with van der Waals surface area (Å²) in [5.41, 5.74) is 4.07. The van der Waals surface area contributed by atoms with E-state index in [1.165, 1.54) is 0 Å². The number of rotatable bonds is 6. The molecule has 2 amide bonds. The molecule has 2 aromatic carbocycles. The van der Waals surface area contributed by atoms with Gasteiger partial charge in [-0.2, -0.15) is 5.10 Å². The molecule has 9 heteroatoms. The summed E-state index contributed by atoms with van der Waals surface area (Å²) in [5, 5.41) is 11.2. The second-order valence-corrected chi connectivity index (χ2v) is 10.0. The van der Waals surface area contributed by atoms with Crippen LogP contribution in [0.4, 0.5) is 0 Å². The maximum atomic E-state index is 13.4. The molecule has 8 nitrogen and oxygen atoms in total. The van der Waals surface area contributed by atoms with Crippen molar-refractivity contribution >= 4 is 23.4 Å². The number of ether oxygens (including phenoxy) is 1. The molecule has 2 N–H and O–H groups in total. The van der Waals surface area contributed by atoms with Gasteiger partial charge in [0.1, 0.15) is 5.75 Å². The fraction of sp³-hybridized carbons (Fsp3) is 0.414. The normalized spacial score (nSPS) is 15.3. The highest BCUT2D eigenvalue weighted by molar-refractivity contribution is 6.31. The van der Waals surface area contributed by atoms with Gasteiger partial charge in [0.25, 0.3) is 5.91 Å². The zero-order chi connectivity index (χ0) is 26.9. The highest BCUT2D eigenvalue weighted by Crippen LogP contribution is 2.26. The van der Waals surface area contributed by atoms with Gasteiger partial charge in [0, 0.05) is 37.3 Å². The maximum absolute atomic E-state index is 13.4. The van der Waals surface area contributed by atoms with Gasteiger partial charge in [0.05, 0.1) is 36.1 Å². The molecule has 0 spiro atoms. The van der Waals surface area contributed by atoms with Crippen molar-refractivity contribution in [3.8, 4) is 5.75 Å². The molecular formula is C29H36ClN5O3. The van der Waals surface area contributed by atoms with Crippen LogP contribution in [-0.2, 0) is 24.4 Å². The van der Waals surface area contributed by atoms with Crippen molar-refractivity contribution in [1.82, 2.24) is 25.3 Å². The van der Waals surface area contributed by atoms with E-state index in [0.717, 1.165) is 41.8 Å². The maximum Gasteiger partial charge on any atom is 0.251 e. The van der Waals surface area contributed by atoms with E-state index in [1.807, 2.05) is 62.4 Å². The molecule has 0 saturated heterocycles. The average Bonchev–Trinajstić information content (AvgIpc) is 3.15. The van der Waals surface area contributed by atoms with Crippen LogP contribution >= 0.6 is 11.6 Å². The third-order valence-electron chi connectivity index (χ3n) is 6.68. The number of nitrogens with zero attached hydrogens (tertiary/aromatic N) is 3. The van der Waals surface area contributed by atoms with Crippen LogP contribution in [0.25, 0.3) is 0 Å². The summed E-state index contributed by atoms with van der Waals surface area (Å²) in [6.45, 7) is 7.10. The van der Waals surface area contributed by atoms with E-state index in [1.54, 1.807) is 4.68 Å². The lowest BCUT2D eigenvalue weighted by atomic mass is 10.0. The molecule has 0 aliphatic carbocycles. The molecule has 0 radical (unpaired) electrons. The molecule has 3 aromatic rings. The Labute approximate surface area is 229 Å². The van der Waals surface area contributed by atoms with Crippen molar-refractivity contribution in [3.63, 3.8) is 0 Å². The molecule has 202 valence electrons. The molecule has 1 aromatic heterocycles. The lowest BCUT2D eigenvalue weighted by molar-refractivity contribution is -0.122. The third-order valence-corrected chi connectivity index (χ3v) is 7.23. The predicted octanol–water partition coefficient (Wildman–Crippen LogP) is 4.26. The van der Waals surface area contributed by atoms with E-state index < -0.39 is 0 Å². The molecule has 1 aliphatic heterocycles. The average molecular weight is 538 g/mol. The number of amides is 2. The monoisotopic (exact) mass is 537 g/mol. The van der Waals surface area contributed by atoms with Crippen molar-refractivity contribution in [3.05, 3.63) is 81.6 Å². The van der Waals surface area contributed by atoms with Gasteiger partial charge in [-0.3, -0.25) is 19.2 Å². The van der Waals surface area contributed by atoms with E-state index in [4.69, 9.17) is 16.3 Å². The van der Waals surface area contributed by atoms with Crippen molar-refractivity contribution in [2.24, 2.45) is 0 Å². The van der Waals surface area contributed by atoms with Crippen LogP contribution in [0.5, 0.6) is 5.75 Å². The van der Waals surface area contributed by atoms with Crippen LogP contribution in [-0.4, -0.2) is 52.7 Å². The van der Waals surface area contributed by atoms with Crippen molar-refractivity contribution in [2.75, 3.05) is 26.2 Å². The highest BCUT2D eigenvalue weighted by atomic mass is 35.5. The van der Waals surface area contributed by atoms with Crippen LogP contribution in [0.2, 0.25) is 5.02 Å². The van der Waals surface area contributed by atoms with E-state index in [0.29, 0.717) is 55.7 Å². The lowest BCUT2D eigenvalue weighted by Gasteiger charge is -2.24. The molecule has 0 bridgehead atoms. The van der Waals surface area contributed by atoms with Crippen LogP contribution in [0, 0.1) is 13.8 Å². The van der Waals surface area contributed by atoms with E-state index in [9.17, 15) is 9.59 Å². The van der Waals surface area contributed by atoms with E-state index >= 15 is 0 Å². The second kappa shape index (κ2) is 13.4. The van der Waals surface area contributed by atoms with Crippen LogP contribution < -0.4 is 15.4 Å². The molecule has 2 heterocycles. The number of hydrogen-bond acceptors (Lipinski definition) is 5. The van der Waals surface area contributed by atoms with Gasteiger partial charge in [-0.1, -0.05) is 48.0 Å². The SMILES string of the molecule is Cc1nn(CCNC(=O)c2cccc3c2CN(Cc2ccccc2)CC(=O)NCCCCCO3)c(C)c1Cl. The topological polar surface area (TPSA) is 88.5 Å². The number of carbonyl (C=O) groups is 2. The zero-order valence-electron chi connectivity index (χ0n) is 22.1. The first-order valence-corrected chi connectivity index (χ1v) is 13.6. The summed E-state index contributed by atoms with van der Waals surface area (Å²) in [4.78, 5) is 28.2. The Kier molecular flexibility index (Phi) is 9.79. The Balaban J connectivity index is 1.57. The molecule has 0 unspecified atom stereocenters. The molecule has 0 saturated carbocycles. The minimum atomic E-state index is -0.188. The Morgan fingerprint density at radius 2 is 1.89 bits per heavy atom. The first-order valence-electron chi connectivity index (χ1n) is 13.2. The number of halogens is 1. The van der Waals surface area contributed by atoms with E-state index in [2.05, 4.69) is 20.6 Å². The van der Waals surface area contributed by atoms with Gasteiger partial charge in [0.2, 0.25) is 5.91 Å². The largest absolute Gasteiger partial charge is 0.493 e. The smallest absolute Gasteiger partial charge is 0.251 e. The van der Waals surface area contributed by atoms with E-state index in [-0.39, 0.29) is 18.4 Å². The molecule has 38 heavy (non-hydrogen) atoms. The summed E-state index contributed by atoms with van der Waals surface area (Å²) in [7, 11) is 0. The van der Waals surface area contributed by atoms with Gasteiger partial charge in [-0.15, -0.1) is 0 Å². The number of hydrogen-bond donors (Lipinski definition) is 2. The summed E-state index contributed by atoms with van der Waals surface area (Å²) in [5.74, 6) is 0.473. The molecular weight excluding hydrogens is 502 g/mol. The lowest BCUT2D eigenvalue weighted by Crippen LogP contribution is -2.37. The minimum absolute atomic E-state index is 0.0203. The number of benzene rings is 2. The minimum Gasteiger partial charge on any atom is -0.493 e. The predicted molar refractivity (Wildman–Crippen MR) is 148 cm³/mol. The Morgan fingerprint density at radius 3 is 2.66 bits per heavy atom. The molecule has 4 rings (SSSR count). The fourth-order valence-electron chi connectivity index (χ4n) is 4.65. The zero-order valence-corrected chi connectivity index (χ0v) is 22.9. The van der Waals surface area contributed by atoms with Gasteiger partial charge in [-0.25, -0.2) is 0 Å². The highest BCUT2D eigenvalue weighted by Gasteiger charge is 2.21. The van der Waals surface area contributed by atoms with Gasteiger partial charge in [0.15, 0.2) is 0 Å². The van der Waals surface area contributed by atoms with Crippen molar-refractivity contribution in [1.29, 1.82) is 0 Å². The summed E-state index contributed by atoms with van der Waals surface area (Å²) in [6, 6.07) is 15.6. The Morgan fingerprint density at radius 1 is 1.08 bits per heavy atom. The Hall–Kier alpha value is -3.36. The van der Waals surface area contributed by atoms with Crippen LogP contribution in [0.3, 0.4) is 0 Å². The number of aromatic nitrogens is 2. The first-order chi connectivity index (χ1) is 18.4. The second-order valence-electron chi connectivity index (χ2n) is 9.64. The number of aryl methyl sites for hydroxylation is 1. The standard InChI is InChI=1S/C29H36ClN5O3/c1-21-28(30)22(2)35(33-21)16-15-32-29(37)24-12-9-13-26-25(24)19-34(18-23-10-5-3-6-11-23)20-27(36)31-14-7-4-8-17-38-26/h3,5-6,9-13H,4,7-8,14-20H2,1-2H3,(H,31,36)(H,32,37). The first kappa shape index (κ1) is 27.7. The molecule has 0 atom stereocenters. The third kappa shape index (κ3) is 7.36. The molecule has 0 fully saturated rings. The summed E-state index contributed by atoms with van der Waals surface area (Å²) >= 11 is 6.27. The quantitative estimate of drug-likeness (QED) is 0.490. The van der Waals surface area contributed by atoms with Crippen molar-refractivity contribution < 1.29 is 14.3 Å². The van der Waals surface area contributed by atoms with Gasteiger partial charge >= 0.3 is 0 Å². The van der Waals surface area contributed by atoms with Crippen LogP contribution in [0.1, 0.15) is 52.1 Å². The Bertz CT molecular complexity index is 1240. The number of carbonyl (C=O) groups excluding carboxylic acids is 2. The number of fused-ring (bicyclic) bond motifs is 1. The summed E-state index contributed by atoms with van der Waals surface area (Å²) < 4.78 is 7.99. The fourth-order valence-corrected chi connectivity index (χ4v) is 4.78.